The largest absolute Gasteiger partial charge is 0.480 e. The van der Waals surface area contributed by atoms with Gasteiger partial charge in [0.15, 0.2) is 0 Å². The number of carboxylic acid groups (broad SMARTS) is 1. The predicted molar refractivity (Wildman–Crippen MR) is 55.4 cm³/mol. The van der Waals surface area contributed by atoms with Crippen molar-refractivity contribution in [3.8, 4) is 0 Å². The minimum atomic E-state index is -0.814. The average molecular weight is 203 g/mol. The molecule has 14 heavy (non-hydrogen) atoms. The molecule has 0 saturated carbocycles. The van der Waals surface area contributed by atoms with E-state index in [-0.39, 0.29) is 0 Å². The summed E-state index contributed by atoms with van der Waals surface area (Å²) in [4.78, 5) is 11.0. The first-order valence-electron chi connectivity index (χ1n) is 5.13. The Labute approximate surface area is 85.6 Å². The molecule has 0 heterocycles. The highest BCUT2D eigenvalue weighted by Gasteiger charge is 2.30. The first kappa shape index (κ1) is 13.4. The van der Waals surface area contributed by atoms with Gasteiger partial charge in [0.05, 0.1) is 6.61 Å². The van der Waals surface area contributed by atoms with Gasteiger partial charge in [-0.3, -0.25) is 10.1 Å². The van der Waals surface area contributed by atoms with Crippen molar-refractivity contribution in [1.82, 2.24) is 5.32 Å². The first-order chi connectivity index (χ1) is 6.56. The van der Waals surface area contributed by atoms with Crippen molar-refractivity contribution in [2.75, 3.05) is 19.8 Å². The van der Waals surface area contributed by atoms with E-state index in [1.807, 2.05) is 13.8 Å². The highest BCUT2D eigenvalue weighted by molar-refractivity contribution is 5.78. The molecule has 0 fully saturated rings. The summed E-state index contributed by atoms with van der Waals surface area (Å²) in [5, 5.41) is 12.0. The molecule has 0 rings (SSSR count). The Hall–Kier alpha value is -0.610. The molecular weight excluding hydrogens is 182 g/mol. The molecule has 0 aromatic heterocycles. The summed E-state index contributed by atoms with van der Waals surface area (Å²) in [5.74, 6) is -0.796. The van der Waals surface area contributed by atoms with Crippen LogP contribution in [0.1, 0.15) is 33.6 Å². The lowest BCUT2D eigenvalue weighted by Gasteiger charge is -2.25. The SMILES string of the molecule is CCCC(C)(NCCOCC)C(=O)O. The van der Waals surface area contributed by atoms with Gasteiger partial charge in [0, 0.05) is 13.2 Å². The summed E-state index contributed by atoms with van der Waals surface area (Å²) in [5.41, 5.74) is -0.814. The van der Waals surface area contributed by atoms with Gasteiger partial charge >= 0.3 is 5.97 Å². The minimum Gasteiger partial charge on any atom is -0.480 e. The summed E-state index contributed by atoms with van der Waals surface area (Å²) in [6.07, 6.45) is 1.49. The fourth-order valence-corrected chi connectivity index (χ4v) is 1.31. The van der Waals surface area contributed by atoms with Crippen LogP contribution >= 0.6 is 0 Å². The maximum absolute atomic E-state index is 11.0. The lowest BCUT2D eigenvalue weighted by atomic mass is 9.96. The number of carboxylic acids is 1. The molecule has 4 nitrogen and oxygen atoms in total. The first-order valence-corrected chi connectivity index (χ1v) is 5.13. The Bertz CT molecular complexity index is 173. The monoisotopic (exact) mass is 203 g/mol. The third-order valence-electron chi connectivity index (χ3n) is 2.19. The lowest BCUT2D eigenvalue weighted by Crippen LogP contribution is -2.50. The molecule has 0 aliphatic rings. The van der Waals surface area contributed by atoms with Crippen LogP contribution in [0.3, 0.4) is 0 Å². The molecule has 0 bridgehead atoms. The number of hydrogen-bond acceptors (Lipinski definition) is 3. The van der Waals surface area contributed by atoms with E-state index in [0.29, 0.717) is 26.2 Å². The molecule has 0 spiro atoms. The van der Waals surface area contributed by atoms with E-state index >= 15 is 0 Å². The van der Waals surface area contributed by atoms with E-state index in [1.54, 1.807) is 6.92 Å². The van der Waals surface area contributed by atoms with Crippen LogP contribution in [0.15, 0.2) is 0 Å². The lowest BCUT2D eigenvalue weighted by molar-refractivity contribution is -0.144. The van der Waals surface area contributed by atoms with Gasteiger partial charge in [0.25, 0.3) is 0 Å². The van der Waals surface area contributed by atoms with Crippen molar-refractivity contribution in [2.45, 2.75) is 39.2 Å². The van der Waals surface area contributed by atoms with Crippen molar-refractivity contribution < 1.29 is 14.6 Å². The maximum Gasteiger partial charge on any atom is 0.323 e. The van der Waals surface area contributed by atoms with Crippen LogP contribution in [0, 0.1) is 0 Å². The smallest absolute Gasteiger partial charge is 0.323 e. The molecule has 2 N–H and O–H groups in total. The number of carbonyl (C=O) groups is 1. The third-order valence-corrected chi connectivity index (χ3v) is 2.19. The Morgan fingerprint density at radius 3 is 2.57 bits per heavy atom. The topological polar surface area (TPSA) is 58.6 Å². The Kier molecular flexibility index (Phi) is 6.49. The van der Waals surface area contributed by atoms with Gasteiger partial charge in [-0.25, -0.2) is 0 Å². The highest BCUT2D eigenvalue weighted by atomic mass is 16.5. The predicted octanol–water partition coefficient (Wildman–Crippen LogP) is 1.26. The average Bonchev–Trinajstić information content (AvgIpc) is 2.13. The number of ether oxygens (including phenoxy) is 1. The summed E-state index contributed by atoms with van der Waals surface area (Å²) in [7, 11) is 0. The van der Waals surface area contributed by atoms with E-state index in [0.717, 1.165) is 6.42 Å². The molecule has 0 aliphatic carbocycles. The van der Waals surface area contributed by atoms with Crippen molar-refractivity contribution in [2.24, 2.45) is 0 Å². The van der Waals surface area contributed by atoms with Crippen molar-refractivity contribution >= 4 is 5.97 Å². The van der Waals surface area contributed by atoms with Crippen LogP contribution < -0.4 is 5.32 Å². The zero-order chi connectivity index (χ0) is 11.0. The molecule has 0 saturated heterocycles. The summed E-state index contributed by atoms with van der Waals surface area (Å²) < 4.78 is 5.13. The van der Waals surface area contributed by atoms with Crippen molar-refractivity contribution in [3.05, 3.63) is 0 Å². The zero-order valence-electron chi connectivity index (χ0n) is 9.30. The zero-order valence-corrected chi connectivity index (χ0v) is 9.30. The molecule has 1 atom stereocenters. The van der Waals surface area contributed by atoms with E-state index in [4.69, 9.17) is 9.84 Å². The second-order valence-electron chi connectivity index (χ2n) is 3.51. The molecule has 0 aromatic carbocycles. The highest BCUT2D eigenvalue weighted by Crippen LogP contribution is 2.11. The van der Waals surface area contributed by atoms with Crippen LogP contribution in [-0.4, -0.2) is 36.4 Å². The number of aliphatic carboxylic acids is 1. The minimum absolute atomic E-state index is 0.559. The van der Waals surface area contributed by atoms with E-state index < -0.39 is 11.5 Å². The normalized spacial score (nSPS) is 15.1. The summed E-state index contributed by atoms with van der Waals surface area (Å²) >= 11 is 0. The van der Waals surface area contributed by atoms with Crippen LogP contribution in [0.5, 0.6) is 0 Å². The van der Waals surface area contributed by atoms with Crippen LogP contribution in [0.25, 0.3) is 0 Å². The summed E-state index contributed by atoms with van der Waals surface area (Å²) in [6, 6.07) is 0. The molecule has 1 unspecified atom stereocenters. The molecule has 84 valence electrons. The number of hydrogen-bond donors (Lipinski definition) is 2. The molecular formula is C10H21NO3. The standard InChI is InChI=1S/C10H21NO3/c1-4-6-10(3,9(12)13)11-7-8-14-5-2/h11H,4-8H2,1-3H3,(H,12,13). The van der Waals surface area contributed by atoms with Crippen molar-refractivity contribution in [1.29, 1.82) is 0 Å². The molecule has 0 radical (unpaired) electrons. The van der Waals surface area contributed by atoms with Gasteiger partial charge in [0.2, 0.25) is 0 Å². The van der Waals surface area contributed by atoms with Gasteiger partial charge < -0.3 is 9.84 Å². The Balaban J connectivity index is 3.90. The van der Waals surface area contributed by atoms with Gasteiger partial charge in [-0.05, 0) is 20.3 Å². The second kappa shape index (κ2) is 6.79. The quantitative estimate of drug-likeness (QED) is 0.583. The second-order valence-corrected chi connectivity index (χ2v) is 3.51. The molecule has 0 amide bonds. The molecule has 4 heteroatoms. The fourth-order valence-electron chi connectivity index (χ4n) is 1.31. The van der Waals surface area contributed by atoms with Crippen LogP contribution in [0.4, 0.5) is 0 Å². The third kappa shape index (κ3) is 4.58. The Morgan fingerprint density at radius 2 is 2.14 bits per heavy atom. The summed E-state index contributed by atoms with van der Waals surface area (Å²) in [6.45, 7) is 7.41. The maximum atomic E-state index is 11.0. The van der Waals surface area contributed by atoms with E-state index in [9.17, 15) is 4.79 Å². The molecule has 0 aliphatic heterocycles. The van der Waals surface area contributed by atoms with Gasteiger partial charge in [-0.15, -0.1) is 0 Å². The van der Waals surface area contributed by atoms with Gasteiger partial charge in [-0.1, -0.05) is 13.3 Å². The number of nitrogens with one attached hydrogen (secondary N) is 1. The Morgan fingerprint density at radius 1 is 1.50 bits per heavy atom. The number of rotatable bonds is 8. The van der Waals surface area contributed by atoms with Crippen molar-refractivity contribution in [3.63, 3.8) is 0 Å². The van der Waals surface area contributed by atoms with E-state index in [1.165, 1.54) is 0 Å². The molecule has 0 aromatic rings. The fraction of sp³-hybridized carbons (Fsp3) is 0.900. The van der Waals surface area contributed by atoms with Gasteiger partial charge in [0.1, 0.15) is 5.54 Å². The van der Waals surface area contributed by atoms with Crippen LogP contribution in [-0.2, 0) is 9.53 Å². The van der Waals surface area contributed by atoms with Gasteiger partial charge in [-0.2, -0.15) is 0 Å². The van der Waals surface area contributed by atoms with E-state index in [2.05, 4.69) is 5.32 Å². The van der Waals surface area contributed by atoms with Crippen LogP contribution in [0.2, 0.25) is 0 Å².